The van der Waals surface area contributed by atoms with Crippen LogP contribution in [0, 0.1) is 6.92 Å². The SMILES string of the molecule is Cc1ccccc1CC1(O)CCOC(C)C1. The van der Waals surface area contributed by atoms with Crippen LogP contribution in [0.4, 0.5) is 0 Å². The highest BCUT2D eigenvalue weighted by Crippen LogP contribution is 2.29. The van der Waals surface area contributed by atoms with Gasteiger partial charge in [-0.3, -0.25) is 0 Å². The Labute approximate surface area is 97.3 Å². The van der Waals surface area contributed by atoms with Crippen LogP contribution in [0.3, 0.4) is 0 Å². The summed E-state index contributed by atoms with van der Waals surface area (Å²) >= 11 is 0. The lowest BCUT2D eigenvalue weighted by Crippen LogP contribution is -2.41. The van der Waals surface area contributed by atoms with Gasteiger partial charge >= 0.3 is 0 Å². The first-order valence-electron chi connectivity index (χ1n) is 5.98. The molecule has 2 heteroatoms. The van der Waals surface area contributed by atoms with E-state index in [9.17, 15) is 5.11 Å². The first-order valence-corrected chi connectivity index (χ1v) is 5.98. The lowest BCUT2D eigenvalue weighted by molar-refractivity contribution is -0.0961. The zero-order valence-corrected chi connectivity index (χ0v) is 10.1. The van der Waals surface area contributed by atoms with Gasteiger partial charge in [-0.15, -0.1) is 0 Å². The maximum atomic E-state index is 10.5. The van der Waals surface area contributed by atoms with Gasteiger partial charge in [-0.05, 0) is 31.4 Å². The first kappa shape index (κ1) is 11.6. The van der Waals surface area contributed by atoms with Crippen molar-refractivity contribution in [3.8, 4) is 0 Å². The van der Waals surface area contributed by atoms with E-state index in [1.165, 1.54) is 11.1 Å². The molecule has 0 amide bonds. The molecule has 2 nitrogen and oxygen atoms in total. The van der Waals surface area contributed by atoms with E-state index in [1.807, 2.05) is 19.1 Å². The molecule has 1 aromatic carbocycles. The quantitative estimate of drug-likeness (QED) is 0.829. The minimum Gasteiger partial charge on any atom is -0.389 e. The molecule has 0 aliphatic carbocycles. The molecule has 0 bridgehead atoms. The van der Waals surface area contributed by atoms with Gasteiger partial charge in [0.25, 0.3) is 0 Å². The average molecular weight is 220 g/mol. The van der Waals surface area contributed by atoms with Gasteiger partial charge in [0.05, 0.1) is 11.7 Å². The Balaban J connectivity index is 2.11. The molecule has 2 rings (SSSR count). The van der Waals surface area contributed by atoms with E-state index in [0.717, 1.165) is 19.3 Å². The zero-order valence-electron chi connectivity index (χ0n) is 10.1. The second-order valence-corrected chi connectivity index (χ2v) is 4.96. The number of benzene rings is 1. The highest BCUT2D eigenvalue weighted by Gasteiger charge is 2.33. The molecule has 1 saturated heterocycles. The molecule has 1 fully saturated rings. The Morgan fingerprint density at radius 2 is 2.19 bits per heavy atom. The molecule has 16 heavy (non-hydrogen) atoms. The van der Waals surface area contributed by atoms with Crippen molar-refractivity contribution in [2.45, 2.75) is 44.8 Å². The Morgan fingerprint density at radius 1 is 1.44 bits per heavy atom. The van der Waals surface area contributed by atoms with Crippen molar-refractivity contribution in [3.05, 3.63) is 35.4 Å². The molecule has 88 valence electrons. The van der Waals surface area contributed by atoms with Crippen LogP contribution in [-0.4, -0.2) is 23.4 Å². The van der Waals surface area contributed by atoms with E-state index >= 15 is 0 Å². The van der Waals surface area contributed by atoms with E-state index in [1.54, 1.807) is 0 Å². The fourth-order valence-electron chi connectivity index (χ4n) is 2.47. The van der Waals surface area contributed by atoms with Crippen LogP contribution < -0.4 is 0 Å². The molecule has 0 saturated carbocycles. The predicted molar refractivity (Wildman–Crippen MR) is 64.5 cm³/mol. The topological polar surface area (TPSA) is 29.5 Å². The Kier molecular flexibility index (Phi) is 3.31. The molecule has 0 radical (unpaired) electrons. The number of rotatable bonds is 2. The molecule has 1 heterocycles. The van der Waals surface area contributed by atoms with E-state index in [4.69, 9.17) is 4.74 Å². The number of hydrogen-bond acceptors (Lipinski definition) is 2. The second-order valence-electron chi connectivity index (χ2n) is 4.96. The molecule has 1 aromatic rings. The zero-order chi connectivity index (χ0) is 11.6. The van der Waals surface area contributed by atoms with Gasteiger partial charge in [-0.2, -0.15) is 0 Å². The number of aryl methyl sites for hydroxylation is 1. The minimum atomic E-state index is -0.580. The number of aliphatic hydroxyl groups is 1. The summed E-state index contributed by atoms with van der Waals surface area (Å²) in [4.78, 5) is 0. The predicted octanol–water partition coefficient (Wildman–Crippen LogP) is 2.47. The summed E-state index contributed by atoms with van der Waals surface area (Å²) in [5.41, 5.74) is 1.93. The van der Waals surface area contributed by atoms with Gasteiger partial charge in [0, 0.05) is 19.4 Å². The molecule has 1 aliphatic rings. The standard InChI is InChI=1S/C14H20O2/c1-11-5-3-4-6-13(11)10-14(15)7-8-16-12(2)9-14/h3-6,12,15H,7-10H2,1-2H3. The molecule has 2 atom stereocenters. The highest BCUT2D eigenvalue weighted by atomic mass is 16.5. The van der Waals surface area contributed by atoms with Crippen molar-refractivity contribution in [1.29, 1.82) is 0 Å². The van der Waals surface area contributed by atoms with Crippen LogP contribution in [0.1, 0.15) is 30.9 Å². The maximum absolute atomic E-state index is 10.5. The van der Waals surface area contributed by atoms with Crippen molar-refractivity contribution >= 4 is 0 Å². The van der Waals surface area contributed by atoms with Crippen molar-refractivity contribution in [2.75, 3.05) is 6.61 Å². The first-order chi connectivity index (χ1) is 7.59. The van der Waals surface area contributed by atoms with Crippen LogP contribution in [0.25, 0.3) is 0 Å². The summed E-state index contributed by atoms with van der Waals surface area (Å²) in [5.74, 6) is 0. The Bertz CT molecular complexity index is 362. The van der Waals surface area contributed by atoms with Crippen LogP contribution >= 0.6 is 0 Å². The molecule has 1 N–H and O–H groups in total. The fourth-order valence-corrected chi connectivity index (χ4v) is 2.47. The highest BCUT2D eigenvalue weighted by molar-refractivity contribution is 5.27. The molecule has 0 aromatic heterocycles. The lowest BCUT2D eigenvalue weighted by Gasteiger charge is -2.36. The second kappa shape index (κ2) is 4.56. The average Bonchev–Trinajstić information content (AvgIpc) is 2.21. The van der Waals surface area contributed by atoms with Gasteiger partial charge in [-0.1, -0.05) is 24.3 Å². The number of hydrogen-bond donors (Lipinski definition) is 1. The van der Waals surface area contributed by atoms with Gasteiger partial charge in [0.15, 0.2) is 0 Å². The maximum Gasteiger partial charge on any atom is 0.0734 e. The largest absolute Gasteiger partial charge is 0.389 e. The normalized spacial score (nSPS) is 30.3. The van der Waals surface area contributed by atoms with E-state index < -0.39 is 5.60 Å². The van der Waals surface area contributed by atoms with Gasteiger partial charge < -0.3 is 9.84 Å². The van der Waals surface area contributed by atoms with E-state index in [2.05, 4.69) is 19.1 Å². The molecule has 0 spiro atoms. The van der Waals surface area contributed by atoms with E-state index in [-0.39, 0.29) is 6.10 Å². The summed E-state index contributed by atoms with van der Waals surface area (Å²) in [7, 11) is 0. The molecule has 1 aliphatic heterocycles. The Hall–Kier alpha value is -0.860. The van der Waals surface area contributed by atoms with Crippen LogP contribution in [0.5, 0.6) is 0 Å². The Morgan fingerprint density at radius 3 is 2.88 bits per heavy atom. The van der Waals surface area contributed by atoms with Crippen molar-refractivity contribution in [3.63, 3.8) is 0 Å². The third-order valence-electron chi connectivity index (χ3n) is 3.42. The minimum absolute atomic E-state index is 0.169. The third kappa shape index (κ3) is 2.63. The summed E-state index contributed by atoms with van der Waals surface area (Å²) < 4.78 is 5.48. The van der Waals surface area contributed by atoms with Gasteiger partial charge in [0.1, 0.15) is 0 Å². The molecular formula is C14H20O2. The summed E-state index contributed by atoms with van der Waals surface area (Å²) in [6.45, 7) is 4.80. The summed E-state index contributed by atoms with van der Waals surface area (Å²) in [5, 5.41) is 10.5. The smallest absolute Gasteiger partial charge is 0.0734 e. The fraction of sp³-hybridized carbons (Fsp3) is 0.571. The third-order valence-corrected chi connectivity index (χ3v) is 3.42. The summed E-state index contributed by atoms with van der Waals surface area (Å²) in [6, 6.07) is 8.28. The van der Waals surface area contributed by atoms with Crippen LogP contribution in [0.2, 0.25) is 0 Å². The number of ether oxygens (including phenoxy) is 1. The monoisotopic (exact) mass is 220 g/mol. The van der Waals surface area contributed by atoms with Crippen molar-refractivity contribution in [1.82, 2.24) is 0 Å². The molecule has 2 unspecified atom stereocenters. The van der Waals surface area contributed by atoms with Crippen molar-refractivity contribution < 1.29 is 9.84 Å². The van der Waals surface area contributed by atoms with E-state index in [0.29, 0.717) is 6.61 Å². The van der Waals surface area contributed by atoms with Crippen LogP contribution in [0.15, 0.2) is 24.3 Å². The lowest BCUT2D eigenvalue weighted by atomic mass is 9.84. The van der Waals surface area contributed by atoms with Gasteiger partial charge in [-0.25, -0.2) is 0 Å². The molecular weight excluding hydrogens is 200 g/mol. The van der Waals surface area contributed by atoms with Crippen molar-refractivity contribution in [2.24, 2.45) is 0 Å². The van der Waals surface area contributed by atoms with Crippen LogP contribution in [-0.2, 0) is 11.2 Å². The summed E-state index contributed by atoms with van der Waals surface area (Å²) in [6.07, 6.45) is 2.39. The van der Waals surface area contributed by atoms with Gasteiger partial charge in [0.2, 0.25) is 0 Å².